The topological polar surface area (TPSA) is 69.9 Å². The molecule has 1 aromatic carbocycles. The van der Waals surface area contributed by atoms with Crippen molar-refractivity contribution in [2.45, 2.75) is 44.9 Å². The predicted octanol–water partition coefficient (Wildman–Crippen LogP) is 3.34. The molecule has 0 unspecified atom stereocenters. The fraction of sp³-hybridized carbons (Fsp3) is 0.438. The van der Waals surface area contributed by atoms with Crippen LogP contribution in [0.15, 0.2) is 18.2 Å². The lowest BCUT2D eigenvalue weighted by Gasteiger charge is -2.20. The van der Waals surface area contributed by atoms with Crippen molar-refractivity contribution >= 4 is 5.82 Å². The van der Waals surface area contributed by atoms with E-state index in [1.807, 2.05) is 6.92 Å². The Morgan fingerprint density at radius 3 is 2.67 bits per heavy atom. The third-order valence-electron chi connectivity index (χ3n) is 4.32. The van der Waals surface area contributed by atoms with Gasteiger partial charge in [0.15, 0.2) is 5.82 Å². The molecule has 0 saturated heterocycles. The van der Waals surface area contributed by atoms with Crippen LogP contribution in [0.3, 0.4) is 0 Å². The first-order valence-corrected chi connectivity index (χ1v) is 7.47. The second-order valence-corrected chi connectivity index (χ2v) is 5.89. The zero-order valence-corrected chi connectivity index (χ0v) is 12.3. The van der Waals surface area contributed by atoms with Gasteiger partial charge in [0.1, 0.15) is 17.3 Å². The molecule has 4 N–H and O–H groups in total. The molecule has 3 rings (SSSR count). The van der Waals surface area contributed by atoms with E-state index in [0.29, 0.717) is 23.0 Å². The quantitative estimate of drug-likeness (QED) is 0.833. The molecule has 1 aliphatic carbocycles. The lowest BCUT2D eigenvalue weighted by molar-refractivity contribution is 0.424. The van der Waals surface area contributed by atoms with Gasteiger partial charge in [-0.1, -0.05) is 30.9 Å². The summed E-state index contributed by atoms with van der Waals surface area (Å²) < 4.78 is 15.5. The van der Waals surface area contributed by atoms with Gasteiger partial charge in [0.25, 0.3) is 0 Å². The number of benzene rings is 1. The minimum Gasteiger partial charge on any atom is -0.382 e. The molecular weight excluding hydrogens is 267 g/mol. The number of nitrogen functional groups attached to an aromatic ring is 2. The van der Waals surface area contributed by atoms with Crippen LogP contribution in [0.1, 0.15) is 49.4 Å². The molecule has 21 heavy (non-hydrogen) atoms. The SMILES string of the molecule is Cc1ccc(F)c(-c2nc(C3CCCCC3)n(N)c2N)c1. The van der Waals surface area contributed by atoms with Crippen molar-refractivity contribution in [2.75, 3.05) is 11.6 Å². The molecule has 1 saturated carbocycles. The first kappa shape index (κ1) is 13.9. The fourth-order valence-electron chi connectivity index (χ4n) is 3.13. The Morgan fingerprint density at radius 2 is 1.95 bits per heavy atom. The van der Waals surface area contributed by atoms with E-state index in [9.17, 15) is 4.39 Å². The van der Waals surface area contributed by atoms with Crippen LogP contribution in [0.25, 0.3) is 11.3 Å². The van der Waals surface area contributed by atoms with Gasteiger partial charge in [-0.3, -0.25) is 0 Å². The van der Waals surface area contributed by atoms with E-state index in [-0.39, 0.29) is 5.82 Å². The van der Waals surface area contributed by atoms with Crippen molar-refractivity contribution < 1.29 is 4.39 Å². The van der Waals surface area contributed by atoms with Gasteiger partial charge in [-0.05, 0) is 31.9 Å². The number of aryl methyl sites for hydroxylation is 1. The van der Waals surface area contributed by atoms with E-state index < -0.39 is 0 Å². The van der Waals surface area contributed by atoms with Crippen molar-refractivity contribution in [2.24, 2.45) is 0 Å². The van der Waals surface area contributed by atoms with Crippen molar-refractivity contribution in [1.29, 1.82) is 0 Å². The Balaban J connectivity index is 2.05. The number of anilines is 1. The van der Waals surface area contributed by atoms with Crippen molar-refractivity contribution in [3.63, 3.8) is 0 Å². The van der Waals surface area contributed by atoms with Gasteiger partial charge < -0.3 is 11.6 Å². The number of imidazole rings is 1. The maximum Gasteiger partial charge on any atom is 0.150 e. The molecule has 0 atom stereocenters. The molecular formula is C16H21FN4. The van der Waals surface area contributed by atoms with Gasteiger partial charge >= 0.3 is 0 Å². The molecule has 5 heteroatoms. The van der Waals surface area contributed by atoms with Gasteiger partial charge in [-0.25, -0.2) is 14.1 Å². The highest BCUT2D eigenvalue weighted by Crippen LogP contribution is 2.36. The lowest BCUT2D eigenvalue weighted by atomic mass is 9.89. The molecule has 1 fully saturated rings. The first-order chi connectivity index (χ1) is 10.1. The van der Waals surface area contributed by atoms with E-state index >= 15 is 0 Å². The van der Waals surface area contributed by atoms with Gasteiger partial charge in [0.05, 0.1) is 0 Å². The fourth-order valence-corrected chi connectivity index (χ4v) is 3.13. The van der Waals surface area contributed by atoms with E-state index in [1.165, 1.54) is 30.0 Å². The van der Waals surface area contributed by atoms with Crippen LogP contribution in [0.2, 0.25) is 0 Å². The third kappa shape index (κ3) is 2.48. The van der Waals surface area contributed by atoms with Gasteiger partial charge in [-0.2, -0.15) is 0 Å². The Labute approximate surface area is 123 Å². The second-order valence-electron chi connectivity index (χ2n) is 5.89. The average Bonchev–Trinajstić information content (AvgIpc) is 2.79. The average molecular weight is 288 g/mol. The molecule has 2 aromatic rings. The summed E-state index contributed by atoms with van der Waals surface area (Å²) in [4.78, 5) is 4.58. The minimum absolute atomic E-state index is 0.319. The Hall–Kier alpha value is -2.04. The molecule has 1 aromatic heterocycles. The molecule has 112 valence electrons. The number of nitrogens with zero attached hydrogens (tertiary/aromatic N) is 2. The molecule has 1 aliphatic rings. The Morgan fingerprint density at radius 1 is 1.24 bits per heavy atom. The summed E-state index contributed by atoms with van der Waals surface area (Å²) in [6, 6.07) is 4.94. The smallest absolute Gasteiger partial charge is 0.150 e. The number of hydrogen-bond acceptors (Lipinski definition) is 3. The highest BCUT2D eigenvalue weighted by molar-refractivity contribution is 5.72. The largest absolute Gasteiger partial charge is 0.382 e. The molecule has 4 nitrogen and oxygen atoms in total. The van der Waals surface area contributed by atoms with E-state index in [0.717, 1.165) is 24.2 Å². The van der Waals surface area contributed by atoms with Crippen LogP contribution in [0.4, 0.5) is 10.2 Å². The van der Waals surface area contributed by atoms with Crippen LogP contribution in [-0.4, -0.2) is 9.66 Å². The number of aromatic nitrogens is 2. The summed E-state index contributed by atoms with van der Waals surface area (Å²) in [6.07, 6.45) is 5.78. The van der Waals surface area contributed by atoms with E-state index in [4.69, 9.17) is 11.6 Å². The highest BCUT2D eigenvalue weighted by atomic mass is 19.1. The summed E-state index contributed by atoms with van der Waals surface area (Å²) >= 11 is 0. The Kier molecular flexibility index (Phi) is 3.57. The first-order valence-electron chi connectivity index (χ1n) is 7.47. The molecule has 1 heterocycles. The van der Waals surface area contributed by atoms with Crippen LogP contribution < -0.4 is 11.6 Å². The van der Waals surface area contributed by atoms with E-state index in [1.54, 1.807) is 12.1 Å². The van der Waals surface area contributed by atoms with Crippen molar-refractivity contribution in [3.8, 4) is 11.3 Å². The van der Waals surface area contributed by atoms with Crippen LogP contribution in [0, 0.1) is 12.7 Å². The normalized spacial score (nSPS) is 16.3. The molecule has 0 bridgehead atoms. The van der Waals surface area contributed by atoms with Gasteiger partial charge in [0.2, 0.25) is 0 Å². The molecule has 0 spiro atoms. The zero-order valence-electron chi connectivity index (χ0n) is 12.3. The van der Waals surface area contributed by atoms with Crippen molar-refractivity contribution in [1.82, 2.24) is 9.66 Å². The minimum atomic E-state index is -0.319. The lowest BCUT2D eigenvalue weighted by Crippen LogP contribution is -2.19. The second kappa shape index (κ2) is 5.39. The maximum atomic E-state index is 14.1. The number of halogens is 1. The molecule has 0 aliphatic heterocycles. The predicted molar refractivity (Wildman–Crippen MR) is 82.7 cm³/mol. The third-order valence-corrected chi connectivity index (χ3v) is 4.32. The Bertz CT molecular complexity index is 657. The summed E-state index contributed by atoms with van der Waals surface area (Å²) in [5.41, 5.74) is 7.92. The summed E-state index contributed by atoms with van der Waals surface area (Å²) in [5.74, 6) is 7.19. The van der Waals surface area contributed by atoms with E-state index in [2.05, 4.69) is 4.98 Å². The number of nitrogens with two attached hydrogens (primary N) is 2. The van der Waals surface area contributed by atoms with Crippen molar-refractivity contribution in [3.05, 3.63) is 35.4 Å². The maximum absolute atomic E-state index is 14.1. The monoisotopic (exact) mass is 288 g/mol. The summed E-state index contributed by atoms with van der Waals surface area (Å²) in [7, 11) is 0. The van der Waals surface area contributed by atoms with Crippen LogP contribution in [-0.2, 0) is 0 Å². The molecule has 0 radical (unpaired) electrons. The number of rotatable bonds is 2. The zero-order chi connectivity index (χ0) is 15.0. The molecule has 0 amide bonds. The van der Waals surface area contributed by atoms with Crippen LogP contribution in [0.5, 0.6) is 0 Å². The standard InChI is InChI=1S/C16H21FN4/c1-10-7-8-13(17)12(9-10)14-15(18)21(19)16(20-14)11-5-3-2-4-6-11/h7-9,11H,2-6,18-19H2,1H3. The van der Waals surface area contributed by atoms with Gasteiger partial charge in [-0.15, -0.1) is 0 Å². The summed E-state index contributed by atoms with van der Waals surface area (Å²) in [6.45, 7) is 1.92. The number of hydrogen-bond donors (Lipinski definition) is 2. The van der Waals surface area contributed by atoms with Gasteiger partial charge in [0, 0.05) is 11.5 Å². The summed E-state index contributed by atoms with van der Waals surface area (Å²) in [5, 5.41) is 0. The van der Waals surface area contributed by atoms with Crippen LogP contribution >= 0.6 is 0 Å². The highest BCUT2D eigenvalue weighted by Gasteiger charge is 2.24.